The largest absolute Gasteiger partial charge is 0.480 e. The van der Waals surface area contributed by atoms with Crippen LogP contribution in [0.4, 0.5) is 4.79 Å². The van der Waals surface area contributed by atoms with Crippen molar-refractivity contribution in [3.05, 3.63) is 11.8 Å². The first-order valence-corrected chi connectivity index (χ1v) is 5.99. The van der Waals surface area contributed by atoms with Gasteiger partial charge in [0.25, 0.3) is 0 Å². The van der Waals surface area contributed by atoms with Crippen LogP contribution in [0.1, 0.15) is 30.8 Å². The van der Waals surface area contributed by atoms with Gasteiger partial charge < -0.3 is 36.1 Å². The lowest BCUT2D eigenvalue weighted by molar-refractivity contribution is -0.140. The number of carboxylic acid groups (broad SMARTS) is 1. The summed E-state index contributed by atoms with van der Waals surface area (Å²) >= 11 is 0. The van der Waals surface area contributed by atoms with Gasteiger partial charge in [0.15, 0.2) is 6.04 Å². The van der Waals surface area contributed by atoms with Gasteiger partial charge in [-0.2, -0.15) is 0 Å². The zero-order chi connectivity index (χ0) is 16.0. The third kappa shape index (κ3) is 4.66. The number of aliphatic carboxylic acids is 1. The predicted octanol–water partition coefficient (Wildman–Crippen LogP) is -2.13. The number of amides is 2. The van der Waals surface area contributed by atoms with Gasteiger partial charge in [-0.3, -0.25) is 0 Å². The standard InChI is InChI=1S/C10H17N5O6/c1-4(7-14-15-8(21-7)5(11)2-16)12-10(20)13-6(3-17)9(18)19/h4-6,16-17H,2-3,11H2,1H3,(H,18,19)(H2,12,13,20). The van der Waals surface area contributed by atoms with Crippen LogP contribution >= 0.6 is 0 Å². The van der Waals surface area contributed by atoms with Gasteiger partial charge in [-0.25, -0.2) is 9.59 Å². The monoisotopic (exact) mass is 303 g/mol. The van der Waals surface area contributed by atoms with Crippen LogP contribution in [0.2, 0.25) is 0 Å². The second-order valence-electron chi connectivity index (χ2n) is 4.18. The molecule has 11 nitrogen and oxygen atoms in total. The van der Waals surface area contributed by atoms with Crippen LogP contribution in [-0.2, 0) is 4.79 Å². The fourth-order valence-electron chi connectivity index (χ4n) is 1.29. The number of aliphatic hydroxyl groups is 2. The summed E-state index contributed by atoms with van der Waals surface area (Å²) in [6, 6.07) is -3.78. The van der Waals surface area contributed by atoms with Crippen LogP contribution in [0.3, 0.4) is 0 Å². The van der Waals surface area contributed by atoms with Crippen molar-refractivity contribution in [1.82, 2.24) is 20.8 Å². The average molecular weight is 303 g/mol. The molecule has 0 aliphatic rings. The summed E-state index contributed by atoms with van der Waals surface area (Å²) in [5, 5.41) is 38.0. The summed E-state index contributed by atoms with van der Waals surface area (Å²) in [7, 11) is 0. The Morgan fingerprint density at radius 1 is 1.24 bits per heavy atom. The van der Waals surface area contributed by atoms with Crippen molar-refractivity contribution in [2.24, 2.45) is 5.73 Å². The maximum Gasteiger partial charge on any atom is 0.328 e. The minimum Gasteiger partial charge on any atom is -0.480 e. The van der Waals surface area contributed by atoms with Crippen molar-refractivity contribution < 1.29 is 29.3 Å². The number of carboxylic acids is 1. The highest BCUT2D eigenvalue weighted by atomic mass is 16.4. The Labute approximate surface area is 119 Å². The first kappa shape index (κ1) is 16.8. The van der Waals surface area contributed by atoms with Crippen LogP contribution in [0.5, 0.6) is 0 Å². The lowest BCUT2D eigenvalue weighted by Crippen LogP contribution is -2.48. The van der Waals surface area contributed by atoms with Crippen molar-refractivity contribution >= 4 is 12.0 Å². The summed E-state index contributed by atoms with van der Waals surface area (Å²) in [4.78, 5) is 22.2. The molecule has 1 rings (SSSR count). The number of nitrogens with zero attached hydrogens (tertiary/aromatic N) is 2. The third-order valence-electron chi connectivity index (χ3n) is 2.47. The minimum atomic E-state index is -1.42. The number of aliphatic hydroxyl groups excluding tert-OH is 2. The number of nitrogens with two attached hydrogens (primary N) is 1. The van der Waals surface area contributed by atoms with Gasteiger partial charge in [0, 0.05) is 0 Å². The molecule has 11 heteroatoms. The maximum absolute atomic E-state index is 11.5. The summed E-state index contributed by atoms with van der Waals surface area (Å²) < 4.78 is 5.16. The molecule has 21 heavy (non-hydrogen) atoms. The summed E-state index contributed by atoms with van der Waals surface area (Å²) in [6.45, 7) is 0.407. The number of carbonyl (C=O) groups excluding carboxylic acids is 1. The van der Waals surface area contributed by atoms with E-state index in [0.29, 0.717) is 0 Å². The van der Waals surface area contributed by atoms with Gasteiger partial charge in [-0.15, -0.1) is 10.2 Å². The van der Waals surface area contributed by atoms with E-state index in [9.17, 15) is 9.59 Å². The summed E-state index contributed by atoms with van der Waals surface area (Å²) in [5.74, 6) is -1.31. The number of urea groups is 1. The molecule has 1 aromatic heterocycles. The van der Waals surface area contributed by atoms with Gasteiger partial charge in [0.2, 0.25) is 11.8 Å². The van der Waals surface area contributed by atoms with Crippen molar-refractivity contribution in [2.75, 3.05) is 13.2 Å². The van der Waals surface area contributed by atoms with Crippen LogP contribution < -0.4 is 16.4 Å². The second kappa shape index (κ2) is 7.52. The van der Waals surface area contributed by atoms with Crippen molar-refractivity contribution in [2.45, 2.75) is 25.0 Å². The van der Waals surface area contributed by atoms with Crippen molar-refractivity contribution in [1.29, 1.82) is 0 Å². The number of hydrogen-bond donors (Lipinski definition) is 6. The molecule has 7 N–H and O–H groups in total. The Morgan fingerprint density at radius 3 is 2.38 bits per heavy atom. The molecule has 0 aromatic carbocycles. The molecule has 0 fully saturated rings. The molecule has 0 radical (unpaired) electrons. The average Bonchev–Trinajstić information content (AvgIpc) is 2.93. The van der Waals surface area contributed by atoms with E-state index < -0.39 is 36.7 Å². The molecular weight excluding hydrogens is 286 g/mol. The molecule has 2 amide bonds. The fourth-order valence-corrected chi connectivity index (χ4v) is 1.29. The molecule has 0 saturated heterocycles. The van der Waals surface area contributed by atoms with Crippen LogP contribution in [-0.4, -0.2) is 56.8 Å². The Kier molecular flexibility index (Phi) is 6.02. The van der Waals surface area contributed by atoms with E-state index in [1.165, 1.54) is 6.92 Å². The van der Waals surface area contributed by atoms with Gasteiger partial charge in [-0.05, 0) is 6.92 Å². The lowest BCUT2D eigenvalue weighted by Gasteiger charge is -2.14. The quantitative estimate of drug-likeness (QED) is 0.327. The Bertz CT molecular complexity index is 492. The molecule has 3 atom stereocenters. The molecule has 1 aromatic rings. The molecule has 0 saturated carbocycles. The van der Waals surface area contributed by atoms with E-state index in [2.05, 4.69) is 20.8 Å². The molecular formula is C10H17N5O6. The fraction of sp³-hybridized carbons (Fsp3) is 0.600. The van der Waals surface area contributed by atoms with Gasteiger partial charge in [-0.1, -0.05) is 0 Å². The third-order valence-corrected chi connectivity index (χ3v) is 2.47. The predicted molar refractivity (Wildman–Crippen MR) is 66.9 cm³/mol. The number of hydrogen-bond acceptors (Lipinski definition) is 8. The minimum absolute atomic E-state index is 0.0142. The Hall–Kier alpha value is -2.24. The topological polar surface area (TPSA) is 184 Å². The van der Waals surface area contributed by atoms with Gasteiger partial charge >= 0.3 is 12.0 Å². The zero-order valence-electron chi connectivity index (χ0n) is 11.2. The molecule has 0 spiro atoms. The molecule has 0 aliphatic heterocycles. The van der Waals surface area contributed by atoms with E-state index in [0.717, 1.165) is 0 Å². The van der Waals surface area contributed by atoms with Crippen LogP contribution in [0, 0.1) is 0 Å². The van der Waals surface area contributed by atoms with E-state index in [-0.39, 0.29) is 18.4 Å². The van der Waals surface area contributed by atoms with Crippen molar-refractivity contribution in [3.63, 3.8) is 0 Å². The summed E-state index contributed by atoms with van der Waals surface area (Å²) in [6.07, 6.45) is 0. The Balaban J connectivity index is 2.60. The SMILES string of the molecule is CC(NC(=O)NC(CO)C(=O)O)c1nnc(C(N)CO)o1. The highest BCUT2D eigenvalue weighted by molar-refractivity contribution is 5.82. The number of carbonyl (C=O) groups is 2. The van der Waals surface area contributed by atoms with Gasteiger partial charge in [0.05, 0.1) is 13.2 Å². The van der Waals surface area contributed by atoms with E-state index >= 15 is 0 Å². The maximum atomic E-state index is 11.5. The van der Waals surface area contributed by atoms with Gasteiger partial charge in [0.1, 0.15) is 12.1 Å². The Morgan fingerprint density at radius 2 is 1.86 bits per heavy atom. The molecule has 1 heterocycles. The van der Waals surface area contributed by atoms with Crippen LogP contribution in [0.15, 0.2) is 4.42 Å². The normalized spacial score (nSPS) is 15.0. The number of nitrogens with one attached hydrogen (secondary N) is 2. The molecule has 3 unspecified atom stereocenters. The van der Waals surface area contributed by atoms with E-state index in [1.54, 1.807) is 0 Å². The molecule has 0 aliphatic carbocycles. The number of rotatable bonds is 7. The second-order valence-corrected chi connectivity index (χ2v) is 4.18. The lowest BCUT2D eigenvalue weighted by atomic mass is 10.3. The van der Waals surface area contributed by atoms with Crippen molar-refractivity contribution in [3.8, 4) is 0 Å². The first-order chi connectivity index (χ1) is 9.88. The first-order valence-electron chi connectivity index (χ1n) is 5.99. The molecule has 0 bridgehead atoms. The smallest absolute Gasteiger partial charge is 0.328 e. The zero-order valence-corrected chi connectivity index (χ0v) is 11.2. The number of aromatic nitrogens is 2. The summed E-state index contributed by atoms with van der Waals surface area (Å²) in [5.41, 5.74) is 5.49. The highest BCUT2D eigenvalue weighted by Gasteiger charge is 2.22. The van der Waals surface area contributed by atoms with E-state index in [4.69, 9.17) is 25.5 Å². The highest BCUT2D eigenvalue weighted by Crippen LogP contribution is 2.14. The molecule has 118 valence electrons. The van der Waals surface area contributed by atoms with E-state index in [1.807, 2.05) is 0 Å². The van der Waals surface area contributed by atoms with Crippen LogP contribution in [0.25, 0.3) is 0 Å².